The highest BCUT2D eigenvalue weighted by Crippen LogP contribution is 2.71. The number of carbonyl (C=O) groups excluding carboxylic acids is 2. The van der Waals surface area contributed by atoms with Crippen LogP contribution in [0, 0.1) is 45.8 Å². The summed E-state index contributed by atoms with van der Waals surface area (Å²) in [6, 6.07) is 8.13. The third-order valence-corrected chi connectivity index (χ3v) is 17.1. The Balaban J connectivity index is 0.000000343. The smallest absolute Gasteiger partial charge is 0.210 e. The van der Waals surface area contributed by atoms with Crippen molar-refractivity contribution >= 4 is 23.5 Å². The number of nitrogens with zero attached hydrogens (tertiary/aromatic N) is 2. The second-order valence-corrected chi connectivity index (χ2v) is 21.3. The fourth-order valence-electron chi connectivity index (χ4n) is 13.3. The van der Waals surface area contributed by atoms with E-state index in [9.17, 15) is 13.8 Å². The number of allylic oxidation sites excluding steroid dienone is 1. The quantitative estimate of drug-likeness (QED) is 0.140. The van der Waals surface area contributed by atoms with E-state index in [0.29, 0.717) is 28.6 Å². The molecule has 8 heteroatoms. The first-order chi connectivity index (χ1) is 26.7. The fourth-order valence-corrected chi connectivity index (χ4v) is 14.4. The van der Waals surface area contributed by atoms with Crippen molar-refractivity contribution in [1.82, 2.24) is 15.1 Å². The van der Waals surface area contributed by atoms with Crippen LogP contribution in [0.15, 0.2) is 36.4 Å². The number of hydrogen-bond donors (Lipinski definition) is 2. The minimum atomic E-state index is -0.568. The Morgan fingerprint density at radius 1 is 0.893 bits per heavy atom. The van der Waals surface area contributed by atoms with Crippen molar-refractivity contribution in [2.24, 2.45) is 45.8 Å². The number of amides is 1. The van der Waals surface area contributed by atoms with E-state index in [1.54, 1.807) is 0 Å². The molecule has 2 heterocycles. The van der Waals surface area contributed by atoms with Gasteiger partial charge in [0.2, 0.25) is 6.41 Å². The van der Waals surface area contributed by atoms with Crippen LogP contribution in [-0.2, 0) is 33.2 Å². The summed E-state index contributed by atoms with van der Waals surface area (Å²) < 4.78 is 11.6. The van der Waals surface area contributed by atoms with E-state index in [0.717, 1.165) is 99.7 Å². The number of benzene rings is 1. The highest BCUT2D eigenvalue weighted by molar-refractivity contribution is 7.85. The monoisotopic (exact) mass is 796 g/mol. The third kappa shape index (κ3) is 10.5. The maximum atomic E-state index is 11.9. The maximum absolute atomic E-state index is 11.9. The first-order valence-electron chi connectivity index (χ1n) is 22.3. The van der Waals surface area contributed by atoms with Gasteiger partial charge in [-0.15, -0.1) is 6.58 Å². The molecule has 1 aromatic carbocycles. The number of hydrogen-bond acceptors (Lipinski definition) is 6. The minimum absolute atomic E-state index is 0.0153. The molecule has 8 atom stereocenters. The van der Waals surface area contributed by atoms with E-state index in [2.05, 4.69) is 68.4 Å². The van der Waals surface area contributed by atoms with Crippen LogP contribution in [0.2, 0.25) is 0 Å². The SMILES string of the molecule is C=C(C)C.CC12CCC3C(C)(CCN(C=O)C3(C)C)C1CCC1C2CCC2(CNCCCN3CCS(=O)CC3)CCC[C@H]12.CCc1cccc(CC=O)c1.CO. The van der Waals surface area contributed by atoms with Gasteiger partial charge < -0.3 is 25.0 Å². The van der Waals surface area contributed by atoms with Crippen LogP contribution in [-0.4, -0.2) is 95.2 Å². The van der Waals surface area contributed by atoms with Gasteiger partial charge in [0.25, 0.3) is 0 Å². The molecule has 7 nitrogen and oxygen atoms in total. The van der Waals surface area contributed by atoms with Crippen molar-refractivity contribution in [3.8, 4) is 0 Å². The largest absolute Gasteiger partial charge is 0.400 e. The van der Waals surface area contributed by atoms with Gasteiger partial charge in [0.1, 0.15) is 6.29 Å². The van der Waals surface area contributed by atoms with Gasteiger partial charge in [0.15, 0.2) is 0 Å². The molecule has 2 aliphatic heterocycles. The highest BCUT2D eigenvalue weighted by atomic mass is 32.2. The number of carbonyl (C=O) groups is 2. The lowest BCUT2D eigenvalue weighted by Gasteiger charge is -2.69. The van der Waals surface area contributed by atoms with Crippen LogP contribution in [0.25, 0.3) is 0 Å². The van der Waals surface area contributed by atoms with Gasteiger partial charge in [-0.25, -0.2) is 0 Å². The number of likely N-dealkylation sites (tertiary alicyclic amines) is 1. The average molecular weight is 796 g/mol. The first-order valence-corrected chi connectivity index (χ1v) is 23.8. The zero-order chi connectivity index (χ0) is 41.1. The second kappa shape index (κ2) is 20.9. The molecular weight excluding hydrogens is 715 g/mol. The molecule has 4 saturated carbocycles. The number of nitrogens with one attached hydrogen (secondary N) is 1. The lowest BCUT2D eigenvalue weighted by Crippen LogP contribution is -2.67. The van der Waals surface area contributed by atoms with E-state index in [-0.39, 0.29) is 5.54 Å². The Kier molecular flexibility index (Phi) is 17.5. The van der Waals surface area contributed by atoms with Crippen molar-refractivity contribution in [2.45, 2.75) is 137 Å². The van der Waals surface area contributed by atoms with Crippen molar-refractivity contribution in [2.75, 3.05) is 57.9 Å². The Morgan fingerprint density at radius 3 is 2.25 bits per heavy atom. The van der Waals surface area contributed by atoms with Crippen LogP contribution >= 0.6 is 0 Å². The Bertz CT molecular complexity index is 1440. The molecule has 0 aromatic heterocycles. The molecule has 4 aliphatic carbocycles. The minimum Gasteiger partial charge on any atom is -0.400 e. The summed E-state index contributed by atoms with van der Waals surface area (Å²) in [4.78, 5) is 26.7. The number of aldehydes is 1. The molecule has 2 saturated heterocycles. The molecule has 7 rings (SSSR count). The molecule has 7 unspecified atom stereocenters. The summed E-state index contributed by atoms with van der Waals surface area (Å²) in [6.45, 7) is 26.2. The molecule has 6 aliphatic rings. The number of aliphatic hydroxyl groups is 1. The molecule has 0 spiro atoms. The topological polar surface area (TPSA) is 90.0 Å². The predicted molar refractivity (Wildman–Crippen MR) is 235 cm³/mol. The second-order valence-electron chi connectivity index (χ2n) is 19.6. The molecule has 6 fully saturated rings. The predicted octanol–water partition coefficient (Wildman–Crippen LogP) is 8.50. The van der Waals surface area contributed by atoms with Gasteiger partial charge in [0, 0.05) is 67.6 Å². The van der Waals surface area contributed by atoms with Crippen LogP contribution in [0.4, 0.5) is 0 Å². The van der Waals surface area contributed by atoms with Gasteiger partial charge in [-0.05, 0) is 168 Å². The highest BCUT2D eigenvalue weighted by Gasteiger charge is 2.66. The normalized spacial score (nSPS) is 34.6. The van der Waals surface area contributed by atoms with Gasteiger partial charge in [-0.2, -0.15) is 0 Å². The summed E-state index contributed by atoms with van der Waals surface area (Å²) >= 11 is 0. The van der Waals surface area contributed by atoms with Crippen molar-refractivity contribution < 1.29 is 18.9 Å². The summed E-state index contributed by atoms with van der Waals surface area (Å²) in [6.07, 6.45) is 18.9. The molecule has 0 bridgehead atoms. The fraction of sp³-hybridized carbons (Fsp3) is 0.792. The zero-order valence-electron chi connectivity index (χ0n) is 36.9. The van der Waals surface area contributed by atoms with Gasteiger partial charge in [-0.3, -0.25) is 9.00 Å². The Hall–Kier alpha value is -1.87. The Labute approximate surface area is 345 Å². The molecule has 0 radical (unpaired) electrons. The summed E-state index contributed by atoms with van der Waals surface area (Å²) in [5, 5.41) is 11.0. The van der Waals surface area contributed by atoms with Gasteiger partial charge in [0.05, 0.1) is 0 Å². The van der Waals surface area contributed by atoms with Crippen LogP contribution in [0.5, 0.6) is 0 Å². The van der Waals surface area contributed by atoms with Crippen molar-refractivity contribution in [1.29, 1.82) is 0 Å². The van der Waals surface area contributed by atoms with Gasteiger partial charge >= 0.3 is 0 Å². The number of fused-ring (bicyclic) bond motifs is 7. The van der Waals surface area contributed by atoms with Crippen LogP contribution in [0.3, 0.4) is 0 Å². The van der Waals surface area contributed by atoms with E-state index in [1.165, 1.54) is 88.3 Å². The van der Waals surface area contributed by atoms with Crippen LogP contribution < -0.4 is 5.32 Å². The zero-order valence-corrected chi connectivity index (χ0v) is 37.7. The number of rotatable bonds is 10. The number of piperidine rings is 1. The summed E-state index contributed by atoms with van der Waals surface area (Å²) in [5.41, 5.74) is 4.96. The Morgan fingerprint density at radius 2 is 1.59 bits per heavy atom. The van der Waals surface area contributed by atoms with Crippen molar-refractivity contribution in [3.63, 3.8) is 0 Å². The molecule has 1 aromatic rings. The summed E-state index contributed by atoms with van der Waals surface area (Å²) in [5.74, 6) is 5.95. The van der Waals surface area contributed by atoms with E-state index >= 15 is 0 Å². The average Bonchev–Trinajstić information content (AvgIpc) is 3.61. The molecule has 1 amide bonds. The van der Waals surface area contributed by atoms with E-state index < -0.39 is 10.8 Å². The van der Waals surface area contributed by atoms with Gasteiger partial charge in [-0.1, -0.05) is 57.0 Å². The maximum Gasteiger partial charge on any atom is 0.210 e. The number of aliphatic hydroxyl groups excluding tert-OH is 1. The first kappa shape index (κ1) is 46.8. The van der Waals surface area contributed by atoms with E-state index in [1.807, 2.05) is 26.0 Å². The molecule has 56 heavy (non-hydrogen) atoms. The van der Waals surface area contributed by atoms with Crippen LogP contribution in [0.1, 0.15) is 130 Å². The molecule has 318 valence electrons. The number of aryl methyl sites for hydroxylation is 1. The lowest BCUT2D eigenvalue weighted by molar-refractivity contribution is -0.203. The molecule has 2 N–H and O–H groups in total. The third-order valence-electron chi connectivity index (χ3n) is 15.9. The van der Waals surface area contributed by atoms with E-state index in [4.69, 9.17) is 5.11 Å². The molecular formula is C48H81N3O4S. The standard InChI is InChI=1S/C33H57N3O2S.C10H12O.C4H8.CH4O/c1-30(2)28-11-13-31(3)26-10-14-33(23-34-16-6-17-35-19-21-39(38)22-20-35)12-5-7-27(33)25(26)8-9-29(31)32(28,4)15-18-36(30)24-37;1-2-9-4-3-5-10(8-9)6-7-11;1-4(2)3;1-2/h24-29,34H,5-23H2,1-4H3;3-5,7-8H,2,6H2,1H3;1H2,2-3H3;2H,1H3/t25?,26?,27-,28?,29?,31?,32?,33?;;;/m1.../s1. The van der Waals surface area contributed by atoms with Crippen molar-refractivity contribution in [3.05, 3.63) is 47.5 Å². The summed E-state index contributed by atoms with van der Waals surface area (Å²) in [7, 11) is 0.432. The lowest BCUT2D eigenvalue weighted by atomic mass is 9.38.